The summed E-state index contributed by atoms with van der Waals surface area (Å²) in [5, 5.41) is 10.8. The zero-order valence-electron chi connectivity index (χ0n) is 21.4. The summed E-state index contributed by atoms with van der Waals surface area (Å²) >= 11 is 0. The van der Waals surface area contributed by atoms with Crippen molar-refractivity contribution in [3.8, 4) is 23.0 Å². The van der Waals surface area contributed by atoms with E-state index in [0.29, 0.717) is 41.7 Å². The van der Waals surface area contributed by atoms with Gasteiger partial charge >= 0.3 is 5.97 Å². The molecule has 0 spiro atoms. The summed E-state index contributed by atoms with van der Waals surface area (Å²) in [6.45, 7) is 1.88. The first-order chi connectivity index (χ1) is 17.9. The summed E-state index contributed by atoms with van der Waals surface area (Å²) in [7, 11) is 5.72. The molecule has 0 amide bonds. The fourth-order valence-electron chi connectivity index (χ4n) is 4.70. The van der Waals surface area contributed by atoms with Crippen LogP contribution in [0.3, 0.4) is 0 Å². The third-order valence-electron chi connectivity index (χ3n) is 6.62. The Morgan fingerprint density at radius 3 is 2.35 bits per heavy atom. The van der Waals surface area contributed by atoms with Crippen LogP contribution in [0.4, 0.5) is 0 Å². The smallest absolute Gasteiger partial charge is 0.306 e. The first-order valence-electron chi connectivity index (χ1n) is 11.9. The molecule has 1 aliphatic rings. The Kier molecular flexibility index (Phi) is 8.03. The highest BCUT2D eigenvalue weighted by Gasteiger charge is 2.31. The summed E-state index contributed by atoms with van der Waals surface area (Å²) in [4.78, 5) is 27.5. The van der Waals surface area contributed by atoms with Gasteiger partial charge in [0.05, 0.1) is 47.3 Å². The maximum absolute atomic E-state index is 12.8. The summed E-state index contributed by atoms with van der Waals surface area (Å²) < 4.78 is 27.4. The lowest BCUT2D eigenvalue weighted by molar-refractivity contribution is -0.140. The summed E-state index contributed by atoms with van der Waals surface area (Å²) in [6, 6.07) is 12.8. The van der Waals surface area contributed by atoms with E-state index in [4.69, 9.17) is 23.4 Å². The Morgan fingerprint density at radius 1 is 1.00 bits per heavy atom. The quantitative estimate of drug-likeness (QED) is 0.433. The van der Waals surface area contributed by atoms with Crippen molar-refractivity contribution in [3.05, 3.63) is 80.9 Å². The van der Waals surface area contributed by atoms with Gasteiger partial charge in [-0.3, -0.25) is 14.5 Å². The van der Waals surface area contributed by atoms with Crippen molar-refractivity contribution in [2.75, 3.05) is 35.0 Å². The summed E-state index contributed by atoms with van der Waals surface area (Å²) in [6.07, 6.45) is 0.679. The van der Waals surface area contributed by atoms with Crippen LogP contribution in [0.2, 0.25) is 0 Å². The number of carbonyl (C=O) groups is 1. The highest BCUT2D eigenvalue weighted by molar-refractivity contribution is 5.72. The minimum Gasteiger partial charge on any atom is -0.502 e. The number of nitrogens with zero attached hydrogens (tertiary/aromatic N) is 1. The van der Waals surface area contributed by atoms with Crippen molar-refractivity contribution in [1.29, 1.82) is 0 Å². The number of fused-ring (bicyclic) bond motifs is 1. The van der Waals surface area contributed by atoms with E-state index < -0.39 is 23.1 Å². The van der Waals surface area contributed by atoms with E-state index >= 15 is 0 Å². The van der Waals surface area contributed by atoms with Crippen LogP contribution in [-0.4, -0.2) is 51.0 Å². The number of methoxy groups -OCH3 is 4. The van der Waals surface area contributed by atoms with Gasteiger partial charge < -0.3 is 28.5 Å². The molecule has 0 unspecified atom stereocenters. The van der Waals surface area contributed by atoms with Crippen molar-refractivity contribution < 1.29 is 33.3 Å². The predicted octanol–water partition coefficient (Wildman–Crippen LogP) is 3.62. The van der Waals surface area contributed by atoms with E-state index in [0.717, 1.165) is 13.0 Å². The van der Waals surface area contributed by atoms with E-state index in [1.165, 1.54) is 45.6 Å². The molecule has 196 valence electrons. The molecule has 0 bridgehead atoms. The van der Waals surface area contributed by atoms with E-state index in [1.54, 1.807) is 12.1 Å². The zero-order valence-corrected chi connectivity index (χ0v) is 21.4. The average molecular weight is 510 g/mol. The predicted molar refractivity (Wildman–Crippen MR) is 135 cm³/mol. The zero-order chi connectivity index (χ0) is 26.5. The SMILES string of the molecule is COC(=O)C[C@H](c1cc(OC)c(OC)cc1OC)c1oc(CN2CCc3ccccc3C2)cc(=O)c1O. The number of rotatable bonds is 9. The minimum atomic E-state index is -0.892. The van der Waals surface area contributed by atoms with Gasteiger partial charge in [0.2, 0.25) is 11.2 Å². The highest BCUT2D eigenvalue weighted by Crippen LogP contribution is 2.43. The number of aromatic hydroxyl groups is 1. The Morgan fingerprint density at radius 2 is 1.68 bits per heavy atom. The van der Waals surface area contributed by atoms with Gasteiger partial charge in [0.15, 0.2) is 17.3 Å². The normalized spacial score (nSPS) is 13.9. The van der Waals surface area contributed by atoms with Gasteiger partial charge in [0.25, 0.3) is 0 Å². The first-order valence-corrected chi connectivity index (χ1v) is 11.9. The van der Waals surface area contributed by atoms with Gasteiger partial charge in [-0.15, -0.1) is 0 Å². The molecule has 0 aliphatic carbocycles. The molecular weight excluding hydrogens is 478 g/mol. The lowest BCUT2D eigenvalue weighted by Crippen LogP contribution is -2.30. The molecule has 4 rings (SSSR count). The second-order valence-corrected chi connectivity index (χ2v) is 8.80. The lowest BCUT2D eigenvalue weighted by Gasteiger charge is -2.28. The van der Waals surface area contributed by atoms with E-state index in [9.17, 15) is 14.7 Å². The van der Waals surface area contributed by atoms with Gasteiger partial charge in [-0.05, 0) is 23.6 Å². The Balaban J connectivity index is 1.76. The molecule has 1 atom stereocenters. The second-order valence-electron chi connectivity index (χ2n) is 8.80. The van der Waals surface area contributed by atoms with Crippen LogP contribution in [0.15, 0.2) is 51.7 Å². The highest BCUT2D eigenvalue weighted by atomic mass is 16.5. The maximum atomic E-state index is 12.8. The molecular formula is C28H31NO8. The monoisotopic (exact) mass is 509 g/mol. The third-order valence-corrected chi connectivity index (χ3v) is 6.62. The molecule has 3 aromatic rings. The molecule has 1 N–H and O–H groups in total. The summed E-state index contributed by atoms with van der Waals surface area (Å²) in [5.41, 5.74) is 2.41. The fraction of sp³-hybridized carbons (Fsp3) is 0.357. The van der Waals surface area contributed by atoms with Gasteiger partial charge in [-0.2, -0.15) is 0 Å². The number of carbonyl (C=O) groups excluding carboxylic acids is 1. The molecule has 0 saturated carbocycles. The fourth-order valence-corrected chi connectivity index (χ4v) is 4.70. The van der Waals surface area contributed by atoms with Gasteiger partial charge in [0.1, 0.15) is 11.5 Å². The number of benzene rings is 2. The summed E-state index contributed by atoms with van der Waals surface area (Å²) in [5.74, 6) is -0.505. The van der Waals surface area contributed by atoms with Crippen LogP contribution < -0.4 is 19.6 Å². The molecule has 0 saturated heterocycles. The van der Waals surface area contributed by atoms with Gasteiger partial charge in [-0.1, -0.05) is 24.3 Å². The second kappa shape index (κ2) is 11.4. The van der Waals surface area contributed by atoms with Crippen molar-refractivity contribution in [2.24, 2.45) is 0 Å². The van der Waals surface area contributed by atoms with E-state index in [2.05, 4.69) is 17.0 Å². The molecule has 37 heavy (non-hydrogen) atoms. The van der Waals surface area contributed by atoms with Crippen LogP contribution in [0.1, 0.15) is 40.5 Å². The number of ether oxygens (including phenoxy) is 4. The van der Waals surface area contributed by atoms with Crippen molar-refractivity contribution in [3.63, 3.8) is 0 Å². The van der Waals surface area contributed by atoms with Crippen molar-refractivity contribution >= 4 is 5.97 Å². The molecule has 2 heterocycles. The van der Waals surface area contributed by atoms with Crippen LogP contribution in [0, 0.1) is 0 Å². The Bertz CT molecular complexity index is 1330. The molecule has 1 aromatic heterocycles. The molecule has 1 aliphatic heterocycles. The van der Waals surface area contributed by atoms with Gasteiger partial charge in [0, 0.05) is 30.8 Å². The average Bonchev–Trinajstić information content (AvgIpc) is 2.92. The largest absolute Gasteiger partial charge is 0.502 e. The Labute approximate surface area is 215 Å². The molecule has 9 nitrogen and oxygen atoms in total. The number of hydrogen-bond donors (Lipinski definition) is 1. The minimum absolute atomic E-state index is 0.0455. The maximum Gasteiger partial charge on any atom is 0.306 e. The number of esters is 1. The van der Waals surface area contributed by atoms with Crippen LogP contribution in [-0.2, 0) is 29.0 Å². The van der Waals surface area contributed by atoms with Crippen molar-refractivity contribution in [1.82, 2.24) is 4.90 Å². The number of hydrogen-bond acceptors (Lipinski definition) is 9. The third kappa shape index (κ3) is 5.56. The first kappa shape index (κ1) is 26.1. The van der Waals surface area contributed by atoms with Crippen LogP contribution in [0.5, 0.6) is 23.0 Å². The van der Waals surface area contributed by atoms with Crippen LogP contribution in [0.25, 0.3) is 0 Å². The lowest BCUT2D eigenvalue weighted by atomic mass is 9.91. The van der Waals surface area contributed by atoms with Gasteiger partial charge in [-0.25, -0.2) is 0 Å². The topological polar surface area (TPSA) is 108 Å². The van der Waals surface area contributed by atoms with Crippen LogP contribution >= 0.6 is 0 Å². The van der Waals surface area contributed by atoms with Crippen molar-refractivity contribution in [2.45, 2.75) is 31.8 Å². The standard InChI is InChI=1S/C28H31NO8/c1-33-23-14-25(35-3)24(34-2)12-20(23)21(13-26(31)36-4)28-27(32)22(30)11-19(37-28)16-29-10-9-17-7-5-6-8-18(17)15-29/h5-8,11-12,14,21,32H,9-10,13,15-16H2,1-4H3/t21-/m1/s1. The molecule has 9 heteroatoms. The Hall–Kier alpha value is -3.98. The van der Waals surface area contributed by atoms with E-state index in [-0.39, 0.29) is 12.2 Å². The van der Waals surface area contributed by atoms with E-state index in [1.807, 2.05) is 12.1 Å². The molecule has 0 radical (unpaired) electrons. The molecule has 2 aromatic carbocycles. The molecule has 0 fully saturated rings.